The van der Waals surface area contributed by atoms with E-state index in [2.05, 4.69) is 4.74 Å². The third-order valence-electron chi connectivity index (χ3n) is 2.59. The van der Waals surface area contributed by atoms with Gasteiger partial charge in [0.15, 0.2) is 0 Å². The maximum Gasteiger partial charge on any atom is 0.379 e. The monoisotopic (exact) mass is 360 g/mol. The number of carbonyl (C=O) groups excluding carboxylic acids is 1. The second-order valence-electron chi connectivity index (χ2n) is 3.91. The molecular weight excluding hydrogens is 349 g/mol. The van der Waals surface area contributed by atoms with Gasteiger partial charge in [-0.1, -0.05) is 11.6 Å². The summed E-state index contributed by atoms with van der Waals surface area (Å²) >= 11 is 5.54. The van der Waals surface area contributed by atoms with Gasteiger partial charge >= 0.3 is 11.9 Å². The fraction of sp³-hybridized carbons (Fsp3) is 0.364. The first-order valence-electron chi connectivity index (χ1n) is 5.60. The summed E-state index contributed by atoms with van der Waals surface area (Å²) in [4.78, 5) is 21.0. The molecule has 0 saturated carbocycles. The van der Waals surface area contributed by atoms with Crippen molar-refractivity contribution in [2.45, 2.75) is 18.9 Å². The van der Waals surface area contributed by atoms with Crippen LogP contribution in [0.25, 0.3) is 0 Å². The number of nitrogens with two attached hydrogens (primary N) is 1. The van der Waals surface area contributed by atoms with Crippen molar-refractivity contribution >= 4 is 35.7 Å². The molecule has 11 heteroatoms. The van der Waals surface area contributed by atoms with Crippen molar-refractivity contribution in [3.63, 3.8) is 0 Å². The number of nitro groups is 1. The van der Waals surface area contributed by atoms with Crippen LogP contribution in [0.15, 0.2) is 12.1 Å². The number of hydrogen-bond acceptors (Lipinski definition) is 6. The molecule has 0 aromatic heterocycles. The van der Waals surface area contributed by atoms with E-state index >= 15 is 0 Å². The van der Waals surface area contributed by atoms with Crippen LogP contribution in [-0.2, 0) is 9.53 Å². The minimum Gasteiger partial charge on any atom is -0.506 e. The first kappa shape index (κ1) is 20.3. The highest BCUT2D eigenvalue weighted by Gasteiger charge is 2.51. The quantitative estimate of drug-likeness (QED) is 0.473. The molecule has 1 rings (SSSR count). The van der Waals surface area contributed by atoms with E-state index in [1.807, 2.05) is 0 Å². The van der Waals surface area contributed by atoms with Crippen LogP contribution in [-0.4, -0.2) is 28.5 Å². The fourth-order valence-corrected chi connectivity index (χ4v) is 1.74. The Kier molecular flexibility index (Phi) is 6.94. The van der Waals surface area contributed by atoms with Gasteiger partial charge in [0.2, 0.25) is 0 Å². The predicted molar refractivity (Wildman–Crippen MR) is 75.5 cm³/mol. The number of phenols is 1. The first-order valence-corrected chi connectivity index (χ1v) is 5.98. The molecule has 7 nitrogen and oxygen atoms in total. The van der Waals surface area contributed by atoms with Gasteiger partial charge in [0, 0.05) is 6.07 Å². The molecule has 0 fully saturated rings. The molecule has 0 unspecified atom stereocenters. The third-order valence-corrected chi connectivity index (χ3v) is 2.90. The summed E-state index contributed by atoms with van der Waals surface area (Å²) in [7, 11) is 0. The number of benzene rings is 1. The normalized spacial score (nSPS) is 12.2. The Balaban J connectivity index is 0.00000441. The Labute approximate surface area is 134 Å². The van der Waals surface area contributed by atoms with Gasteiger partial charge in [-0.3, -0.25) is 10.1 Å². The molecule has 124 valence electrons. The largest absolute Gasteiger partial charge is 0.506 e. The van der Waals surface area contributed by atoms with E-state index in [4.69, 9.17) is 17.3 Å². The van der Waals surface area contributed by atoms with E-state index in [0.29, 0.717) is 0 Å². The van der Waals surface area contributed by atoms with E-state index in [0.717, 1.165) is 12.1 Å². The summed E-state index contributed by atoms with van der Waals surface area (Å²) in [6.45, 7) is 0.976. The topological polar surface area (TPSA) is 116 Å². The van der Waals surface area contributed by atoms with Crippen molar-refractivity contribution in [2.75, 3.05) is 6.61 Å². The summed E-state index contributed by atoms with van der Waals surface area (Å²) in [6, 6.07) is -0.734. The molecule has 0 saturated heterocycles. The third kappa shape index (κ3) is 3.73. The smallest absolute Gasteiger partial charge is 0.379 e. The molecule has 1 aromatic carbocycles. The number of nitrogens with zero attached hydrogens (tertiary/aromatic N) is 1. The molecule has 0 amide bonds. The van der Waals surface area contributed by atoms with Gasteiger partial charge in [0.25, 0.3) is 5.69 Å². The highest BCUT2D eigenvalue weighted by Crippen LogP contribution is 2.43. The van der Waals surface area contributed by atoms with Crippen LogP contribution in [0.4, 0.5) is 14.5 Å². The minimum atomic E-state index is -4.27. The average molecular weight is 361 g/mol. The number of esters is 1. The number of alkyl halides is 2. The Morgan fingerprint density at radius 3 is 2.59 bits per heavy atom. The Morgan fingerprint density at radius 1 is 1.59 bits per heavy atom. The molecule has 0 radical (unpaired) electrons. The van der Waals surface area contributed by atoms with Crippen LogP contribution in [0.3, 0.4) is 0 Å². The molecule has 0 bridgehead atoms. The van der Waals surface area contributed by atoms with E-state index in [1.54, 1.807) is 0 Å². The zero-order valence-electron chi connectivity index (χ0n) is 11.1. The molecule has 22 heavy (non-hydrogen) atoms. The van der Waals surface area contributed by atoms with Crippen LogP contribution in [0, 0.1) is 10.1 Å². The molecular formula is C11H12Cl2F2N2O5. The Bertz CT molecular complexity index is 586. The lowest BCUT2D eigenvalue weighted by Gasteiger charge is -2.22. The standard InChI is InChI=1S/C11H11ClF2N2O5.ClH/c1-2-21-10(18)11(13,14)9(15)7-6(16(19)20)4-3-5(12)8(7)17;/h3-4,9,17H,2,15H2,1H3;1H/t9-;/m1./s1. The summed E-state index contributed by atoms with van der Waals surface area (Å²) in [5, 5.41) is 20.1. The number of aromatic hydroxyl groups is 1. The van der Waals surface area contributed by atoms with Gasteiger partial charge in [0.1, 0.15) is 11.8 Å². The highest BCUT2D eigenvalue weighted by molar-refractivity contribution is 6.32. The van der Waals surface area contributed by atoms with Gasteiger partial charge < -0.3 is 15.6 Å². The van der Waals surface area contributed by atoms with Gasteiger partial charge in [-0.15, -0.1) is 12.4 Å². The van der Waals surface area contributed by atoms with E-state index in [9.17, 15) is 28.8 Å². The number of hydrogen-bond donors (Lipinski definition) is 2. The second-order valence-corrected chi connectivity index (χ2v) is 4.31. The minimum absolute atomic E-state index is 0. The Hall–Kier alpha value is -1.71. The zero-order valence-corrected chi connectivity index (χ0v) is 12.7. The van der Waals surface area contributed by atoms with Crippen molar-refractivity contribution in [3.8, 4) is 5.75 Å². The highest BCUT2D eigenvalue weighted by atomic mass is 35.5. The lowest BCUT2D eigenvalue weighted by molar-refractivity contribution is -0.386. The van der Waals surface area contributed by atoms with Gasteiger partial charge in [0.05, 0.1) is 22.1 Å². The maximum atomic E-state index is 13.9. The van der Waals surface area contributed by atoms with Crippen LogP contribution in [0.5, 0.6) is 5.75 Å². The molecule has 0 heterocycles. The summed E-state index contributed by atoms with van der Waals surface area (Å²) in [5.74, 6) is -7.21. The predicted octanol–water partition coefficient (Wildman–Crippen LogP) is 2.57. The Morgan fingerprint density at radius 2 is 2.14 bits per heavy atom. The van der Waals surface area contributed by atoms with Gasteiger partial charge in [-0.25, -0.2) is 4.79 Å². The second kappa shape index (κ2) is 7.52. The van der Waals surface area contributed by atoms with Crippen molar-refractivity contribution in [1.82, 2.24) is 0 Å². The van der Waals surface area contributed by atoms with Crippen LogP contribution < -0.4 is 5.73 Å². The summed E-state index contributed by atoms with van der Waals surface area (Å²) < 4.78 is 31.9. The van der Waals surface area contributed by atoms with E-state index < -0.39 is 44.9 Å². The lowest BCUT2D eigenvalue weighted by atomic mass is 9.98. The van der Waals surface area contributed by atoms with E-state index in [-0.39, 0.29) is 19.0 Å². The molecule has 0 aliphatic rings. The van der Waals surface area contributed by atoms with Crippen molar-refractivity contribution in [1.29, 1.82) is 0 Å². The number of nitro benzene ring substituents is 1. The van der Waals surface area contributed by atoms with Crippen molar-refractivity contribution in [3.05, 3.63) is 32.8 Å². The van der Waals surface area contributed by atoms with Crippen molar-refractivity contribution in [2.24, 2.45) is 5.73 Å². The number of halogens is 4. The van der Waals surface area contributed by atoms with Crippen LogP contribution >= 0.6 is 24.0 Å². The number of rotatable bonds is 5. The number of carbonyl (C=O) groups is 1. The summed E-state index contributed by atoms with van der Waals surface area (Å²) in [5.41, 5.74) is 3.42. The average Bonchev–Trinajstić information content (AvgIpc) is 2.40. The maximum absolute atomic E-state index is 13.9. The fourth-order valence-electron chi connectivity index (χ4n) is 1.57. The van der Waals surface area contributed by atoms with E-state index in [1.165, 1.54) is 6.92 Å². The van der Waals surface area contributed by atoms with Crippen molar-refractivity contribution < 1.29 is 28.3 Å². The lowest BCUT2D eigenvalue weighted by Crippen LogP contribution is -2.42. The molecule has 1 atom stereocenters. The van der Waals surface area contributed by atoms with Gasteiger partial charge in [-0.05, 0) is 13.0 Å². The van der Waals surface area contributed by atoms with Crippen LogP contribution in [0.2, 0.25) is 5.02 Å². The van der Waals surface area contributed by atoms with Gasteiger partial charge in [-0.2, -0.15) is 8.78 Å². The molecule has 0 spiro atoms. The van der Waals surface area contributed by atoms with Crippen LogP contribution in [0.1, 0.15) is 18.5 Å². The SMILES string of the molecule is CCOC(=O)C(F)(F)[C@H](N)c1c([N+](=O)[O-])ccc(Cl)c1O.Cl. The molecule has 0 aliphatic heterocycles. The zero-order chi connectivity index (χ0) is 16.4. The molecule has 1 aromatic rings. The number of phenolic OH excluding ortho intramolecular Hbond substituents is 1. The molecule has 3 N–H and O–H groups in total. The first-order chi connectivity index (χ1) is 9.64. The summed E-state index contributed by atoms with van der Waals surface area (Å²) in [6.07, 6.45) is 0. The number of ether oxygens (including phenoxy) is 1. The molecule has 0 aliphatic carbocycles.